The van der Waals surface area contributed by atoms with Gasteiger partial charge in [0.1, 0.15) is 11.6 Å². The van der Waals surface area contributed by atoms with E-state index in [1.165, 1.54) is 12.1 Å². The van der Waals surface area contributed by atoms with E-state index in [0.717, 1.165) is 12.5 Å². The lowest BCUT2D eigenvalue weighted by Gasteiger charge is -2.18. The number of nitrogens with two attached hydrogens (primary N) is 1. The Morgan fingerprint density at radius 2 is 2.17 bits per heavy atom. The fourth-order valence-corrected chi connectivity index (χ4v) is 1.33. The molecule has 1 aromatic carbocycles. The zero-order valence-corrected chi connectivity index (χ0v) is 10.9. The van der Waals surface area contributed by atoms with Crippen LogP contribution in [0, 0.1) is 5.82 Å². The lowest BCUT2D eigenvalue weighted by molar-refractivity contribution is -0.127. The first-order valence-electron chi connectivity index (χ1n) is 5.96. The van der Waals surface area contributed by atoms with Gasteiger partial charge in [0.15, 0.2) is 6.10 Å². The molecule has 0 aromatic heterocycles. The van der Waals surface area contributed by atoms with Crippen LogP contribution < -0.4 is 15.8 Å². The average Bonchev–Trinajstić information content (AvgIpc) is 2.32. The quantitative estimate of drug-likeness (QED) is 0.791. The second-order valence-electron chi connectivity index (χ2n) is 4.26. The first kappa shape index (κ1) is 14.3. The Bertz CT molecular complexity index is 423. The third kappa shape index (κ3) is 3.91. The average molecular weight is 254 g/mol. The number of benzene rings is 1. The van der Waals surface area contributed by atoms with E-state index < -0.39 is 11.9 Å². The first-order chi connectivity index (χ1) is 8.43. The molecule has 1 aromatic rings. The number of anilines is 1. The maximum Gasteiger partial charge on any atom is 0.260 e. The minimum atomic E-state index is -0.674. The van der Waals surface area contributed by atoms with Crippen LogP contribution in [0.2, 0.25) is 0 Å². The van der Waals surface area contributed by atoms with Crippen molar-refractivity contribution in [2.24, 2.45) is 0 Å². The third-order valence-electron chi connectivity index (χ3n) is 2.65. The van der Waals surface area contributed by atoms with E-state index in [9.17, 15) is 9.18 Å². The number of nitrogen functional groups attached to an aromatic ring is 1. The van der Waals surface area contributed by atoms with Crippen LogP contribution >= 0.6 is 0 Å². The maximum absolute atomic E-state index is 12.8. The van der Waals surface area contributed by atoms with Gasteiger partial charge in [0.2, 0.25) is 0 Å². The number of halogens is 1. The van der Waals surface area contributed by atoms with Crippen molar-refractivity contribution < 1.29 is 13.9 Å². The summed E-state index contributed by atoms with van der Waals surface area (Å²) in [5.41, 5.74) is 5.78. The molecule has 0 aliphatic heterocycles. The summed E-state index contributed by atoms with van der Waals surface area (Å²) in [6.07, 6.45) is 0.170. The summed E-state index contributed by atoms with van der Waals surface area (Å²) in [4.78, 5) is 11.7. The summed E-state index contributed by atoms with van der Waals surface area (Å²) in [5.74, 6) is -0.340. The Labute approximate surface area is 106 Å². The molecule has 4 nitrogen and oxygen atoms in total. The van der Waals surface area contributed by atoms with Crippen molar-refractivity contribution in [1.29, 1.82) is 0 Å². The summed E-state index contributed by atoms with van der Waals surface area (Å²) >= 11 is 0. The molecule has 0 fully saturated rings. The molecule has 100 valence electrons. The number of carbonyl (C=O) groups is 1. The maximum atomic E-state index is 12.8. The molecule has 18 heavy (non-hydrogen) atoms. The van der Waals surface area contributed by atoms with Gasteiger partial charge in [0, 0.05) is 12.1 Å². The van der Waals surface area contributed by atoms with Crippen LogP contribution in [-0.4, -0.2) is 18.1 Å². The molecular formula is C13H19FN2O2. The largest absolute Gasteiger partial charge is 0.479 e. The molecule has 5 heteroatoms. The Hall–Kier alpha value is -1.78. The van der Waals surface area contributed by atoms with E-state index >= 15 is 0 Å². The van der Waals surface area contributed by atoms with Gasteiger partial charge >= 0.3 is 0 Å². The molecule has 0 saturated carbocycles. The minimum absolute atomic E-state index is 0.0918. The van der Waals surface area contributed by atoms with E-state index in [0.29, 0.717) is 5.75 Å². The van der Waals surface area contributed by atoms with Crippen molar-refractivity contribution in [1.82, 2.24) is 5.32 Å². The number of rotatable bonds is 5. The Kier molecular flexibility index (Phi) is 4.95. The van der Waals surface area contributed by atoms with Crippen molar-refractivity contribution >= 4 is 11.6 Å². The molecule has 0 spiro atoms. The number of hydrogen-bond donors (Lipinski definition) is 2. The van der Waals surface area contributed by atoms with Crippen molar-refractivity contribution in [3.63, 3.8) is 0 Å². The highest BCUT2D eigenvalue weighted by Crippen LogP contribution is 2.22. The van der Waals surface area contributed by atoms with E-state index in [-0.39, 0.29) is 17.6 Å². The van der Waals surface area contributed by atoms with E-state index in [2.05, 4.69) is 5.32 Å². The van der Waals surface area contributed by atoms with Crippen LogP contribution in [0.15, 0.2) is 18.2 Å². The summed E-state index contributed by atoms with van der Waals surface area (Å²) in [5, 5.41) is 2.80. The molecule has 0 aliphatic carbocycles. The van der Waals surface area contributed by atoms with Crippen molar-refractivity contribution in [2.75, 3.05) is 5.73 Å². The molecule has 0 radical (unpaired) electrons. The second kappa shape index (κ2) is 6.23. The van der Waals surface area contributed by atoms with Crippen molar-refractivity contribution in [3.05, 3.63) is 24.0 Å². The normalized spacial score (nSPS) is 13.8. The summed E-state index contributed by atoms with van der Waals surface area (Å²) < 4.78 is 18.3. The van der Waals surface area contributed by atoms with E-state index in [4.69, 9.17) is 10.5 Å². The highest BCUT2D eigenvalue weighted by atomic mass is 19.1. The summed E-state index contributed by atoms with van der Waals surface area (Å²) in [6, 6.07) is 3.91. The minimum Gasteiger partial charge on any atom is -0.479 e. The molecular weight excluding hydrogens is 235 g/mol. The number of amides is 1. The summed E-state index contributed by atoms with van der Waals surface area (Å²) in [7, 11) is 0. The van der Waals surface area contributed by atoms with Crippen LogP contribution in [0.1, 0.15) is 27.2 Å². The lowest BCUT2D eigenvalue weighted by Crippen LogP contribution is -2.41. The van der Waals surface area contributed by atoms with Crippen LogP contribution in [0.3, 0.4) is 0 Å². The van der Waals surface area contributed by atoms with Gasteiger partial charge in [-0.1, -0.05) is 6.92 Å². The van der Waals surface area contributed by atoms with Gasteiger partial charge in [-0.05, 0) is 32.4 Å². The molecule has 0 saturated heterocycles. The number of hydrogen-bond acceptors (Lipinski definition) is 3. The van der Waals surface area contributed by atoms with E-state index in [1.807, 2.05) is 13.8 Å². The van der Waals surface area contributed by atoms with Gasteiger partial charge in [-0.15, -0.1) is 0 Å². The SMILES string of the molecule is CCC(C)NC(=O)C(C)Oc1ccc(F)cc1N. The first-order valence-corrected chi connectivity index (χ1v) is 5.96. The molecule has 0 heterocycles. The fourth-order valence-electron chi connectivity index (χ4n) is 1.33. The van der Waals surface area contributed by atoms with Crippen LogP contribution in [0.5, 0.6) is 5.75 Å². The molecule has 2 unspecified atom stereocenters. The molecule has 1 rings (SSSR count). The standard InChI is InChI=1S/C13H19FN2O2/c1-4-8(2)16-13(17)9(3)18-12-6-5-10(14)7-11(12)15/h5-9H,4,15H2,1-3H3,(H,16,17). The number of nitrogens with one attached hydrogen (secondary N) is 1. The van der Waals surface area contributed by atoms with Crippen LogP contribution in [-0.2, 0) is 4.79 Å². The summed E-state index contributed by atoms with van der Waals surface area (Å²) in [6.45, 7) is 5.52. The smallest absolute Gasteiger partial charge is 0.260 e. The highest BCUT2D eigenvalue weighted by molar-refractivity contribution is 5.81. The Balaban J connectivity index is 2.63. The predicted molar refractivity (Wildman–Crippen MR) is 68.8 cm³/mol. The predicted octanol–water partition coefficient (Wildman–Crippen LogP) is 2.09. The van der Waals surface area contributed by atoms with Crippen molar-refractivity contribution in [2.45, 2.75) is 39.3 Å². The van der Waals surface area contributed by atoms with Crippen LogP contribution in [0.25, 0.3) is 0 Å². The van der Waals surface area contributed by atoms with Gasteiger partial charge in [-0.25, -0.2) is 4.39 Å². The molecule has 0 bridgehead atoms. The molecule has 1 amide bonds. The highest BCUT2D eigenvalue weighted by Gasteiger charge is 2.17. The molecule has 2 atom stereocenters. The van der Waals surface area contributed by atoms with Gasteiger partial charge in [-0.3, -0.25) is 4.79 Å². The van der Waals surface area contributed by atoms with Crippen molar-refractivity contribution in [3.8, 4) is 5.75 Å². The molecule has 0 aliphatic rings. The number of carbonyl (C=O) groups excluding carboxylic acids is 1. The Morgan fingerprint density at radius 1 is 1.50 bits per heavy atom. The third-order valence-corrected chi connectivity index (χ3v) is 2.65. The zero-order chi connectivity index (χ0) is 13.7. The second-order valence-corrected chi connectivity index (χ2v) is 4.26. The molecule has 3 N–H and O–H groups in total. The van der Waals surface area contributed by atoms with Gasteiger partial charge in [0.25, 0.3) is 5.91 Å². The topological polar surface area (TPSA) is 64.3 Å². The monoisotopic (exact) mass is 254 g/mol. The van der Waals surface area contributed by atoms with Gasteiger partial charge in [0.05, 0.1) is 5.69 Å². The Morgan fingerprint density at radius 3 is 2.72 bits per heavy atom. The number of ether oxygens (including phenoxy) is 1. The zero-order valence-electron chi connectivity index (χ0n) is 10.9. The van der Waals surface area contributed by atoms with Gasteiger partial charge < -0.3 is 15.8 Å². The lowest BCUT2D eigenvalue weighted by atomic mass is 10.2. The van der Waals surface area contributed by atoms with Gasteiger partial charge in [-0.2, -0.15) is 0 Å². The van der Waals surface area contributed by atoms with E-state index in [1.54, 1.807) is 6.92 Å². The van der Waals surface area contributed by atoms with Crippen LogP contribution in [0.4, 0.5) is 10.1 Å². The fraction of sp³-hybridized carbons (Fsp3) is 0.462.